The van der Waals surface area contributed by atoms with Crippen LogP contribution in [0.25, 0.3) is 22.8 Å². The second-order valence-electron chi connectivity index (χ2n) is 5.48. The molecule has 0 aromatic carbocycles. The first-order chi connectivity index (χ1) is 7.75. The van der Waals surface area contributed by atoms with Crippen molar-refractivity contribution in [3.8, 4) is 11.1 Å². The van der Waals surface area contributed by atoms with Gasteiger partial charge in [-0.3, -0.25) is 0 Å². The first-order valence-electron chi connectivity index (χ1n) is 6.12. The second-order valence-corrected chi connectivity index (χ2v) is 5.48. The van der Waals surface area contributed by atoms with Gasteiger partial charge in [0.2, 0.25) is 0 Å². The van der Waals surface area contributed by atoms with E-state index < -0.39 is 0 Å². The van der Waals surface area contributed by atoms with Crippen LogP contribution in [0.5, 0.6) is 0 Å². The van der Waals surface area contributed by atoms with Crippen LogP contribution in [0.3, 0.4) is 0 Å². The third-order valence-corrected chi connectivity index (χ3v) is 4.95. The van der Waals surface area contributed by atoms with Gasteiger partial charge in [0.1, 0.15) is 0 Å². The molecule has 1 unspecified atom stereocenters. The molecular weight excluding hydrogens is 192 g/mol. The SMILES string of the molecule is CCc1cc2cc3c4c5cc(c1-4)C=C5C23C. The molecule has 1 atom stereocenters. The highest BCUT2D eigenvalue weighted by Crippen LogP contribution is 2.67. The standard InChI is InChI=1S/C16H12/c1-3-8-4-10-7-13-15-11-5-9(14(8)15)6-12(11)16(10,13)2/h4-7H,3H2,1-2H3. The highest BCUT2D eigenvalue weighted by molar-refractivity contribution is 6.15. The van der Waals surface area contributed by atoms with Gasteiger partial charge in [-0.25, -0.2) is 0 Å². The molecule has 0 aromatic rings. The van der Waals surface area contributed by atoms with E-state index >= 15 is 0 Å². The van der Waals surface area contributed by atoms with Gasteiger partial charge in [0.05, 0.1) is 0 Å². The van der Waals surface area contributed by atoms with Crippen molar-refractivity contribution < 1.29 is 0 Å². The van der Waals surface area contributed by atoms with Gasteiger partial charge in [-0.05, 0) is 70.0 Å². The summed E-state index contributed by atoms with van der Waals surface area (Å²) in [6.45, 7) is 4.66. The monoisotopic (exact) mass is 204 g/mol. The summed E-state index contributed by atoms with van der Waals surface area (Å²) in [4.78, 5) is 0. The fraction of sp³-hybridized carbons (Fsp3) is 0.250. The van der Waals surface area contributed by atoms with Gasteiger partial charge in [0, 0.05) is 5.41 Å². The second kappa shape index (κ2) is 1.86. The van der Waals surface area contributed by atoms with Crippen LogP contribution < -0.4 is 0 Å². The molecule has 0 heteroatoms. The van der Waals surface area contributed by atoms with Crippen LogP contribution in [-0.4, -0.2) is 0 Å². The lowest BCUT2D eigenvalue weighted by Gasteiger charge is -2.35. The van der Waals surface area contributed by atoms with E-state index in [0.717, 1.165) is 6.42 Å². The van der Waals surface area contributed by atoms with Gasteiger partial charge in [-0.1, -0.05) is 19.1 Å². The fourth-order valence-corrected chi connectivity index (χ4v) is 4.05. The zero-order chi connectivity index (χ0) is 10.7. The predicted octanol–water partition coefficient (Wildman–Crippen LogP) is 3.84. The lowest BCUT2D eigenvalue weighted by atomic mass is 9.67. The minimum atomic E-state index is 0.252. The molecule has 6 aliphatic carbocycles. The van der Waals surface area contributed by atoms with Gasteiger partial charge in [0.25, 0.3) is 0 Å². The lowest BCUT2D eigenvalue weighted by molar-refractivity contribution is 0.722. The molecule has 6 aliphatic rings. The van der Waals surface area contributed by atoms with Crippen LogP contribution in [0.1, 0.15) is 41.7 Å². The van der Waals surface area contributed by atoms with Crippen molar-refractivity contribution in [1.29, 1.82) is 0 Å². The quantitative estimate of drug-likeness (QED) is 0.662. The van der Waals surface area contributed by atoms with Crippen molar-refractivity contribution in [2.45, 2.75) is 25.7 Å². The molecule has 0 amide bonds. The summed E-state index contributed by atoms with van der Waals surface area (Å²) in [5, 5.41) is 0. The molecule has 76 valence electrons. The molecule has 0 spiro atoms. The Morgan fingerprint density at radius 3 is 2.81 bits per heavy atom. The summed E-state index contributed by atoms with van der Waals surface area (Å²) >= 11 is 0. The molecule has 16 heavy (non-hydrogen) atoms. The maximum absolute atomic E-state index is 2.44. The number of aryl methyl sites for hydroxylation is 1. The molecule has 0 nitrogen and oxygen atoms in total. The van der Waals surface area contributed by atoms with Crippen LogP contribution in [-0.2, 0) is 11.8 Å². The van der Waals surface area contributed by atoms with Crippen LogP contribution in [0.4, 0.5) is 0 Å². The zero-order valence-electron chi connectivity index (χ0n) is 9.52. The van der Waals surface area contributed by atoms with Gasteiger partial charge in [0.15, 0.2) is 0 Å². The van der Waals surface area contributed by atoms with E-state index in [4.69, 9.17) is 0 Å². The summed E-state index contributed by atoms with van der Waals surface area (Å²) in [5.41, 5.74) is 12.6. The maximum Gasteiger partial charge on any atom is 0.0436 e. The Morgan fingerprint density at radius 2 is 2.00 bits per heavy atom. The Hall–Kier alpha value is -1.56. The average molecular weight is 204 g/mol. The smallest absolute Gasteiger partial charge is 0.0436 e. The molecule has 0 aliphatic heterocycles. The van der Waals surface area contributed by atoms with Crippen LogP contribution in [0.15, 0.2) is 18.2 Å². The summed E-state index contributed by atoms with van der Waals surface area (Å²) in [5.74, 6) is 0. The van der Waals surface area contributed by atoms with Crippen molar-refractivity contribution in [2.24, 2.45) is 0 Å². The van der Waals surface area contributed by atoms with Gasteiger partial charge in [-0.2, -0.15) is 0 Å². The molecular formula is C16H12. The fourth-order valence-electron chi connectivity index (χ4n) is 4.05. The minimum Gasteiger partial charge on any atom is -0.0613 e. The maximum atomic E-state index is 2.44. The van der Waals surface area contributed by atoms with E-state index in [-0.39, 0.29) is 5.41 Å². The van der Waals surface area contributed by atoms with Crippen LogP contribution >= 0.6 is 0 Å². The van der Waals surface area contributed by atoms with Gasteiger partial charge in [-0.15, -0.1) is 0 Å². The van der Waals surface area contributed by atoms with Crippen molar-refractivity contribution >= 4 is 11.6 Å². The van der Waals surface area contributed by atoms with Crippen LogP contribution in [0, 0.1) is 0 Å². The van der Waals surface area contributed by atoms with E-state index in [1.54, 1.807) is 22.3 Å². The average Bonchev–Trinajstić information content (AvgIpc) is 2.80. The van der Waals surface area contributed by atoms with Crippen molar-refractivity contribution in [2.75, 3.05) is 0 Å². The first kappa shape index (κ1) is 7.67. The Balaban J connectivity index is 2.14. The number of hydrogen-bond donors (Lipinski definition) is 0. The van der Waals surface area contributed by atoms with E-state index in [2.05, 4.69) is 38.1 Å². The molecule has 0 fully saturated rings. The normalized spacial score (nSPS) is 25.8. The Morgan fingerprint density at radius 1 is 1.12 bits per heavy atom. The van der Waals surface area contributed by atoms with E-state index in [1.165, 1.54) is 22.3 Å². The predicted molar refractivity (Wildman–Crippen MR) is 66.8 cm³/mol. The molecule has 0 heterocycles. The molecule has 6 bridgehead atoms. The molecule has 0 N–H and O–H groups in total. The Bertz CT molecular complexity index is 703. The minimum absolute atomic E-state index is 0.252. The Labute approximate surface area is 95.0 Å². The largest absolute Gasteiger partial charge is 0.0613 e. The molecule has 0 saturated heterocycles. The van der Waals surface area contributed by atoms with E-state index in [9.17, 15) is 0 Å². The molecule has 0 radical (unpaired) electrons. The molecule has 0 aromatic heterocycles. The van der Waals surface area contributed by atoms with E-state index in [1.807, 2.05) is 0 Å². The van der Waals surface area contributed by atoms with Crippen LogP contribution in [0.2, 0.25) is 0 Å². The topological polar surface area (TPSA) is 0 Å². The summed E-state index contributed by atoms with van der Waals surface area (Å²) < 4.78 is 0. The highest BCUT2D eigenvalue weighted by atomic mass is 14.5. The van der Waals surface area contributed by atoms with Crippen molar-refractivity contribution in [1.82, 2.24) is 0 Å². The van der Waals surface area contributed by atoms with Crippen molar-refractivity contribution in [3.63, 3.8) is 0 Å². The number of allylic oxidation sites excluding steroid dienone is 1. The summed E-state index contributed by atoms with van der Waals surface area (Å²) in [6.07, 6.45) is 3.57. The van der Waals surface area contributed by atoms with Gasteiger partial charge >= 0.3 is 0 Å². The number of hydrogen-bond acceptors (Lipinski definition) is 0. The van der Waals surface area contributed by atoms with Gasteiger partial charge < -0.3 is 0 Å². The lowest BCUT2D eigenvalue weighted by Crippen LogP contribution is -2.27. The third kappa shape index (κ3) is 0.477. The zero-order valence-corrected chi connectivity index (χ0v) is 9.52. The summed E-state index contributed by atoms with van der Waals surface area (Å²) in [7, 11) is 0. The molecule has 6 rings (SSSR count). The number of fused-ring (bicyclic) bond motifs is 2. The van der Waals surface area contributed by atoms with Crippen molar-refractivity contribution in [3.05, 3.63) is 46.0 Å². The number of rotatable bonds is 1. The Kier molecular flexibility index (Phi) is 0.892. The third-order valence-electron chi connectivity index (χ3n) is 4.95. The summed E-state index contributed by atoms with van der Waals surface area (Å²) in [6, 6.07) is 7.24. The molecule has 0 saturated carbocycles. The van der Waals surface area contributed by atoms with E-state index in [0.29, 0.717) is 0 Å². The highest BCUT2D eigenvalue weighted by Gasteiger charge is 2.52. The first-order valence-corrected chi connectivity index (χ1v) is 6.12.